The van der Waals surface area contributed by atoms with Crippen molar-refractivity contribution < 1.29 is 4.79 Å². The van der Waals surface area contributed by atoms with Gasteiger partial charge in [-0.1, -0.05) is 18.2 Å². The fourth-order valence-corrected chi connectivity index (χ4v) is 2.94. The van der Waals surface area contributed by atoms with Crippen molar-refractivity contribution in [3.05, 3.63) is 69.5 Å². The van der Waals surface area contributed by atoms with Crippen molar-refractivity contribution in [3.8, 4) is 0 Å². The molecule has 2 N–H and O–H groups in total. The average Bonchev–Trinajstić information content (AvgIpc) is 2.89. The molecule has 1 aromatic carbocycles. The van der Waals surface area contributed by atoms with Gasteiger partial charge in [-0.2, -0.15) is 0 Å². The molecule has 100 valence electrons. The molecule has 5 heteroatoms. The number of pyridine rings is 1. The van der Waals surface area contributed by atoms with E-state index in [-0.39, 0.29) is 11.5 Å². The largest absolute Gasteiger partial charge is 0.347 e. The number of hydrogen-bond donors (Lipinski definition) is 2. The molecule has 2 aromatic heterocycles. The molecule has 0 unspecified atom stereocenters. The second-order valence-corrected chi connectivity index (χ2v) is 5.48. The zero-order chi connectivity index (χ0) is 13.9. The number of H-pyrrole nitrogens is 1. The Hall–Kier alpha value is -2.40. The second-order valence-electron chi connectivity index (χ2n) is 4.39. The minimum absolute atomic E-state index is 0.119. The summed E-state index contributed by atoms with van der Waals surface area (Å²) in [6, 6.07) is 13.0. The van der Waals surface area contributed by atoms with Gasteiger partial charge in [-0.3, -0.25) is 9.59 Å². The van der Waals surface area contributed by atoms with Crippen LogP contribution in [0.25, 0.3) is 10.1 Å². The van der Waals surface area contributed by atoms with Crippen molar-refractivity contribution in [2.24, 2.45) is 0 Å². The summed E-state index contributed by atoms with van der Waals surface area (Å²) in [5.41, 5.74) is 0.613. The number of aromatic nitrogens is 1. The highest BCUT2D eigenvalue weighted by Crippen LogP contribution is 2.25. The zero-order valence-corrected chi connectivity index (χ0v) is 11.4. The van der Waals surface area contributed by atoms with Gasteiger partial charge in [0, 0.05) is 23.5 Å². The van der Waals surface area contributed by atoms with Crippen LogP contribution in [0.4, 0.5) is 0 Å². The fourth-order valence-electron chi connectivity index (χ4n) is 1.96. The predicted octanol–water partition coefficient (Wildman–Crippen LogP) is 2.52. The molecule has 2 heterocycles. The van der Waals surface area contributed by atoms with Gasteiger partial charge < -0.3 is 10.3 Å². The van der Waals surface area contributed by atoms with Crippen LogP contribution in [0.2, 0.25) is 0 Å². The maximum Gasteiger partial charge on any atom is 0.261 e. The molecular formula is C15H12N2O2S. The van der Waals surface area contributed by atoms with E-state index in [2.05, 4.69) is 10.3 Å². The first kappa shape index (κ1) is 12.6. The van der Waals surface area contributed by atoms with Crippen molar-refractivity contribution >= 4 is 27.3 Å². The Kier molecular flexibility index (Phi) is 3.35. The summed E-state index contributed by atoms with van der Waals surface area (Å²) in [7, 11) is 0. The number of nitrogens with one attached hydrogen (secondary N) is 2. The molecule has 20 heavy (non-hydrogen) atoms. The maximum absolute atomic E-state index is 12.1. The second kappa shape index (κ2) is 5.30. The number of rotatable bonds is 3. The summed E-state index contributed by atoms with van der Waals surface area (Å²) in [4.78, 5) is 26.5. The molecule has 0 bridgehead atoms. The van der Waals surface area contributed by atoms with Crippen LogP contribution in [0, 0.1) is 0 Å². The lowest BCUT2D eigenvalue weighted by molar-refractivity contribution is 0.0955. The van der Waals surface area contributed by atoms with Crippen molar-refractivity contribution in [2.45, 2.75) is 6.54 Å². The lowest BCUT2D eigenvalue weighted by Gasteiger charge is -2.02. The Morgan fingerprint density at radius 2 is 2.05 bits per heavy atom. The van der Waals surface area contributed by atoms with E-state index in [1.807, 2.05) is 30.3 Å². The van der Waals surface area contributed by atoms with Crippen LogP contribution in [0.15, 0.2) is 53.5 Å². The van der Waals surface area contributed by atoms with Crippen molar-refractivity contribution in [2.75, 3.05) is 0 Å². The molecule has 0 aliphatic heterocycles. The van der Waals surface area contributed by atoms with Crippen LogP contribution in [-0.4, -0.2) is 10.9 Å². The molecule has 0 spiro atoms. The first-order chi connectivity index (χ1) is 9.72. The van der Waals surface area contributed by atoms with Crippen LogP contribution in [-0.2, 0) is 6.54 Å². The van der Waals surface area contributed by atoms with E-state index in [0.29, 0.717) is 11.4 Å². The van der Waals surface area contributed by atoms with Crippen LogP contribution in [0.3, 0.4) is 0 Å². The summed E-state index contributed by atoms with van der Waals surface area (Å²) in [6.07, 6.45) is 1.57. The number of carbonyl (C=O) groups is 1. The van der Waals surface area contributed by atoms with E-state index in [9.17, 15) is 9.59 Å². The molecule has 3 aromatic rings. The number of hydrogen-bond acceptors (Lipinski definition) is 3. The highest BCUT2D eigenvalue weighted by molar-refractivity contribution is 7.20. The molecule has 4 nitrogen and oxygen atoms in total. The van der Waals surface area contributed by atoms with Crippen molar-refractivity contribution in [1.29, 1.82) is 0 Å². The quantitative estimate of drug-likeness (QED) is 0.776. The van der Waals surface area contributed by atoms with E-state index in [4.69, 9.17) is 0 Å². The Balaban J connectivity index is 1.74. The number of thiophene rings is 1. The van der Waals surface area contributed by atoms with Crippen LogP contribution in [0.1, 0.15) is 15.2 Å². The van der Waals surface area contributed by atoms with Gasteiger partial charge >= 0.3 is 0 Å². The van der Waals surface area contributed by atoms with Gasteiger partial charge in [-0.15, -0.1) is 11.3 Å². The third kappa shape index (κ3) is 2.62. The van der Waals surface area contributed by atoms with E-state index < -0.39 is 0 Å². The topological polar surface area (TPSA) is 62.0 Å². The number of fused-ring (bicyclic) bond motifs is 1. The van der Waals surface area contributed by atoms with Gasteiger partial charge in [0.25, 0.3) is 5.91 Å². The Labute approximate surface area is 119 Å². The van der Waals surface area contributed by atoms with Gasteiger partial charge in [-0.25, -0.2) is 0 Å². The van der Waals surface area contributed by atoms with Gasteiger partial charge in [0.1, 0.15) is 0 Å². The molecule has 0 radical (unpaired) electrons. The fraction of sp³-hybridized carbons (Fsp3) is 0.0667. The monoisotopic (exact) mass is 284 g/mol. The highest BCUT2D eigenvalue weighted by Gasteiger charge is 2.09. The third-order valence-electron chi connectivity index (χ3n) is 2.94. The molecule has 3 rings (SSSR count). The molecule has 0 saturated heterocycles. The van der Waals surface area contributed by atoms with E-state index in [0.717, 1.165) is 15.6 Å². The first-order valence-electron chi connectivity index (χ1n) is 6.17. The molecule has 0 atom stereocenters. The minimum atomic E-state index is -0.168. The van der Waals surface area contributed by atoms with Crippen LogP contribution in [0.5, 0.6) is 0 Å². The lowest BCUT2D eigenvalue weighted by Crippen LogP contribution is -2.22. The molecule has 0 fully saturated rings. The Morgan fingerprint density at radius 3 is 2.85 bits per heavy atom. The van der Waals surface area contributed by atoms with E-state index in [1.54, 1.807) is 12.3 Å². The number of carbonyl (C=O) groups excluding carboxylic acids is 1. The lowest BCUT2D eigenvalue weighted by atomic mass is 10.2. The molecular weight excluding hydrogens is 272 g/mol. The smallest absolute Gasteiger partial charge is 0.261 e. The summed E-state index contributed by atoms with van der Waals surface area (Å²) < 4.78 is 1.09. The normalized spacial score (nSPS) is 10.6. The minimum Gasteiger partial charge on any atom is -0.347 e. The maximum atomic E-state index is 12.1. The number of benzene rings is 1. The Morgan fingerprint density at radius 1 is 1.20 bits per heavy atom. The van der Waals surface area contributed by atoms with Gasteiger partial charge in [-0.05, 0) is 29.1 Å². The standard InChI is InChI=1S/C15H12N2O2S/c18-14-7-10(5-6-16-14)9-17-15(19)13-8-11-3-1-2-4-12(11)20-13/h1-8H,9H2,(H,16,18)(H,17,19). The van der Waals surface area contributed by atoms with Crippen LogP contribution < -0.4 is 10.9 Å². The van der Waals surface area contributed by atoms with Gasteiger partial charge in [0.2, 0.25) is 5.56 Å². The zero-order valence-electron chi connectivity index (χ0n) is 10.6. The summed E-state index contributed by atoms with van der Waals surface area (Å²) in [5.74, 6) is -0.119. The molecule has 0 aliphatic rings. The summed E-state index contributed by atoms with van der Waals surface area (Å²) in [5, 5.41) is 3.89. The van der Waals surface area contributed by atoms with Gasteiger partial charge in [0.05, 0.1) is 4.88 Å². The third-order valence-corrected chi connectivity index (χ3v) is 4.06. The molecule has 1 amide bonds. The van der Waals surface area contributed by atoms with Crippen LogP contribution >= 0.6 is 11.3 Å². The van der Waals surface area contributed by atoms with Gasteiger partial charge in [0.15, 0.2) is 0 Å². The Bertz CT molecular complexity index is 787. The van der Waals surface area contributed by atoms with Crippen molar-refractivity contribution in [1.82, 2.24) is 10.3 Å². The average molecular weight is 284 g/mol. The molecule has 0 aliphatic carbocycles. The van der Waals surface area contributed by atoms with Crippen molar-refractivity contribution in [3.63, 3.8) is 0 Å². The SMILES string of the molecule is O=C(NCc1cc[nH]c(=O)c1)c1cc2ccccc2s1. The molecule has 0 saturated carbocycles. The predicted molar refractivity (Wildman–Crippen MR) is 80.1 cm³/mol. The summed E-state index contributed by atoms with van der Waals surface area (Å²) >= 11 is 1.46. The number of aromatic amines is 1. The number of amides is 1. The van der Waals surface area contributed by atoms with E-state index in [1.165, 1.54) is 17.4 Å². The highest BCUT2D eigenvalue weighted by atomic mass is 32.1. The van der Waals surface area contributed by atoms with E-state index >= 15 is 0 Å². The first-order valence-corrected chi connectivity index (χ1v) is 6.98. The summed E-state index contributed by atoms with van der Waals surface area (Å²) in [6.45, 7) is 0.344.